The minimum absolute atomic E-state index is 0.0643. The molecule has 0 aromatic heterocycles. The maximum Gasteiger partial charge on any atom is 0.214 e. The first-order chi connectivity index (χ1) is 6.02. The van der Waals surface area contributed by atoms with E-state index in [1.807, 2.05) is 0 Å². The zero-order chi connectivity index (χ0) is 10.3. The summed E-state index contributed by atoms with van der Waals surface area (Å²) in [6, 6.07) is -0.438. The second-order valence-electron chi connectivity index (χ2n) is 2.72. The lowest BCUT2D eigenvalue weighted by Gasteiger charge is -2.10. The van der Waals surface area contributed by atoms with Crippen molar-refractivity contribution in [2.24, 2.45) is 0 Å². The highest BCUT2D eigenvalue weighted by Gasteiger charge is 2.12. The summed E-state index contributed by atoms with van der Waals surface area (Å²) >= 11 is 0. The topological polar surface area (TPSA) is 75.6 Å². The Bertz CT molecular complexity index is 215. The number of ether oxygens (including phenoxy) is 1. The summed E-state index contributed by atoms with van der Waals surface area (Å²) in [5.41, 5.74) is 0. The second-order valence-corrected chi connectivity index (χ2v) is 4.59. The molecular weight excluding hydrogens is 194 g/mol. The van der Waals surface area contributed by atoms with Gasteiger partial charge in [-0.2, -0.15) is 0 Å². The van der Waals surface area contributed by atoms with Crippen LogP contribution in [-0.4, -0.2) is 45.1 Å². The van der Waals surface area contributed by atoms with Crippen molar-refractivity contribution in [1.29, 1.82) is 0 Å². The lowest BCUT2D eigenvalue weighted by molar-refractivity contribution is 0.163. The molecular formula is C7H17NO4S. The van der Waals surface area contributed by atoms with Gasteiger partial charge in [0.1, 0.15) is 0 Å². The molecule has 5 nitrogen and oxygen atoms in total. The van der Waals surface area contributed by atoms with Crippen LogP contribution in [0.2, 0.25) is 0 Å². The SMILES string of the molecule is CCOCCS(=O)(=O)NC(C)CO. The van der Waals surface area contributed by atoms with E-state index in [4.69, 9.17) is 9.84 Å². The van der Waals surface area contributed by atoms with Gasteiger partial charge >= 0.3 is 0 Å². The van der Waals surface area contributed by atoms with Crippen molar-refractivity contribution in [3.8, 4) is 0 Å². The van der Waals surface area contributed by atoms with Gasteiger partial charge in [0.2, 0.25) is 10.0 Å². The number of rotatable bonds is 7. The van der Waals surface area contributed by atoms with E-state index >= 15 is 0 Å². The van der Waals surface area contributed by atoms with Crippen molar-refractivity contribution in [3.63, 3.8) is 0 Å². The Morgan fingerprint density at radius 1 is 1.54 bits per heavy atom. The molecule has 0 bridgehead atoms. The number of hydrogen-bond donors (Lipinski definition) is 2. The molecule has 0 aliphatic heterocycles. The molecule has 0 saturated heterocycles. The third-order valence-corrected chi connectivity index (χ3v) is 2.82. The molecule has 0 aromatic rings. The summed E-state index contributed by atoms with van der Waals surface area (Å²) in [7, 11) is -3.30. The van der Waals surface area contributed by atoms with E-state index in [2.05, 4.69) is 4.72 Å². The molecule has 0 aliphatic rings. The van der Waals surface area contributed by atoms with Gasteiger partial charge in [-0.15, -0.1) is 0 Å². The molecule has 0 heterocycles. The van der Waals surface area contributed by atoms with Crippen LogP contribution in [0.15, 0.2) is 0 Å². The van der Waals surface area contributed by atoms with Crippen LogP contribution in [-0.2, 0) is 14.8 Å². The van der Waals surface area contributed by atoms with Crippen molar-refractivity contribution in [2.45, 2.75) is 19.9 Å². The van der Waals surface area contributed by atoms with Gasteiger partial charge in [-0.25, -0.2) is 13.1 Å². The highest BCUT2D eigenvalue weighted by atomic mass is 32.2. The van der Waals surface area contributed by atoms with Crippen LogP contribution >= 0.6 is 0 Å². The van der Waals surface area contributed by atoms with Crippen LogP contribution in [0.5, 0.6) is 0 Å². The lowest BCUT2D eigenvalue weighted by atomic mass is 10.4. The van der Waals surface area contributed by atoms with E-state index in [-0.39, 0.29) is 19.0 Å². The number of aliphatic hydroxyl groups excluding tert-OH is 1. The summed E-state index contributed by atoms with van der Waals surface area (Å²) in [6.07, 6.45) is 0. The third kappa shape index (κ3) is 6.94. The van der Waals surface area contributed by atoms with Crippen molar-refractivity contribution < 1.29 is 18.3 Å². The first kappa shape index (κ1) is 12.8. The predicted molar refractivity (Wildman–Crippen MR) is 50.0 cm³/mol. The van der Waals surface area contributed by atoms with Gasteiger partial charge in [-0.3, -0.25) is 0 Å². The normalized spacial score (nSPS) is 14.4. The fraction of sp³-hybridized carbons (Fsp3) is 1.00. The Kier molecular flexibility index (Phi) is 6.23. The highest BCUT2D eigenvalue weighted by Crippen LogP contribution is 1.89. The molecule has 0 saturated carbocycles. The molecule has 13 heavy (non-hydrogen) atoms. The number of sulfonamides is 1. The van der Waals surface area contributed by atoms with Gasteiger partial charge in [0, 0.05) is 12.6 Å². The minimum Gasteiger partial charge on any atom is -0.395 e. The first-order valence-electron chi connectivity index (χ1n) is 4.20. The molecule has 0 amide bonds. The lowest BCUT2D eigenvalue weighted by Crippen LogP contribution is -2.37. The van der Waals surface area contributed by atoms with E-state index in [9.17, 15) is 8.42 Å². The zero-order valence-corrected chi connectivity index (χ0v) is 8.80. The van der Waals surface area contributed by atoms with Crippen LogP contribution in [0.1, 0.15) is 13.8 Å². The molecule has 0 radical (unpaired) electrons. The largest absolute Gasteiger partial charge is 0.395 e. The van der Waals surface area contributed by atoms with Crippen molar-refractivity contribution in [1.82, 2.24) is 4.72 Å². The summed E-state index contributed by atoms with van der Waals surface area (Å²) in [6.45, 7) is 3.89. The second kappa shape index (κ2) is 6.31. The highest BCUT2D eigenvalue weighted by molar-refractivity contribution is 7.89. The predicted octanol–water partition coefficient (Wildman–Crippen LogP) is -0.677. The van der Waals surface area contributed by atoms with Crippen molar-refractivity contribution >= 4 is 10.0 Å². The molecule has 2 N–H and O–H groups in total. The van der Waals surface area contributed by atoms with Gasteiger partial charge in [0.25, 0.3) is 0 Å². The van der Waals surface area contributed by atoms with Gasteiger partial charge in [-0.05, 0) is 13.8 Å². The van der Waals surface area contributed by atoms with Gasteiger partial charge in [0.15, 0.2) is 0 Å². The third-order valence-electron chi connectivity index (χ3n) is 1.36. The fourth-order valence-corrected chi connectivity index (χ4v) is 1.86. The van der Waals surface area contributed by atoms with Crippen LogP contribution < -0.4 is 4.72 Å². The van der Waals surface area contributed by atoms with Gasteiger partial charge in [0.05, 0.1) is 19.0 Å². The van der Waals surface area contributed by atoms with Gasteiger partial charge in [-0.1, -0.05) is 0 Å². The van der Waals surface area contributed by atoms with Crippen molar-refractivity contribution in [2.75, 3.05) is 25.6 Å². The first-order valence-corrected chi connectivity index (χ1v) is 5.85. The van der Waals surface area contributed by atoms with Crippen LogP contribution in [0.3, 0.4) is 0 Å². The average Bonchev–Trinajstić information content (AvgIpc) is 2.03. The van der Waals surface area contributed by atoms with E-state index in [1.165, 1.54) is 0 Å². The minimum atomic E-state index is -3.30. The average molecular weight is 211 g/mol. The molecule has 0 aliphatic carbocycles. The molecule has 0 spiro atoms. The molecule has 1 atom stereocenters. The summed E-state index contributed by atoms with van der Waals surface area (Å²) in [5, 5.41) is 8.61. The molecule has 80 valence electrons. The zero-order valence-electron chi connectivity index (χ0n) is 7.99. The Hall–Kier alpha value is -0.170. The Morgan fingerprint density at radius 2 is 2.15 bits per heavy atom. The quantitative estimate of drug-likeness (QED) is 0.547. The summed E-state index contributed by atoms with van der Waals surface area (Å²) in [4.78, 5) is 0. The number of aliphatic hydroxyl groups is 1. The molecule has 6 heteroatoms. The molecule has 0 fully saturated rings. The van der Waals surface area contributed by atoms with Crippen LogP contribution in [0.25, 0.3) is 0 Å². The standard InChI is InChI=1S/C7H17NO4S/c1-3-12-4-5-13(10,11)8-7(2)6-9/h7-9H,3-6H2,1-2H3. The number of nitrogens with one attached hydrogen (secondary N) is 1. The fourth-order valence-electron chi connectivity index (χ4n) is 0.716. The molecule has 1 unspecified atom stereocenters. The molecule has 0 aromatic carbocycles. The Morgan fingerprint density at radius 3 is 2.62 bits per heavy atom. The van der Waals surface area contributed by atoms with E-state index in [0.717, 1.165) is 0 Å². The Labute approximate surface area is 79.1 Å². The monoisotopic (exact) mass is 211 g/mol. The van der Waals surface area contributed by atoms with Crippen molar-refractivity contribution in [3.05, 3.63) is 0 Å². The van der Waals surface area contributed by atoms with E-state index < -0.39 is 16.1 Å². The van der Waals surface area contributed by atoms with Crippen LogP contribution in [0.4, 0.5) is 0 Å². The summed E-state index contributed by atoms with van der Waals surface area (Å²) in [5.74, 6) is -0.0643. The Balaban J connectivity index is 3.81. The number of hydrogen-bond acceptors (Lipinski definition) is 4. The molecule has 0 rings (SSSR count). The maximum absolute atomic E-state index is 11.2. The van der Waals surface area contributed by atoms with E-state index in [1.54, 1.807) is 13.8 Å². The van der Waals surface area contributed by atoms with Crippen LogP contribution in [0, 0.1) is 0 Å². The maximum atomic E-state index is 11.2. The summed E-state index contributed by atoms with van der Waals surface area (Å²) < 4.78 is 29.6. The smallest absolute Gasteiger partial charge is 0.214 e. The van der Waals surface area contributed by atoms with E-state index in [0.29, 0.717) is 6.61 Å². The van der Waals surface area contributed by atoms with Gasteiger partial charge < -0.3 is 9.84 Å².